The fourth-order valence-corrected chi connectivity index (χ4v) is 5.31. The van der Waals surface area contributed by atoms with E-state index in [1.807, 2.05) is 44.3 Å². The molecule has 27 heavy (non-hydrogen) atoms. The summed E-state index contributed by atoms with van der Waals surface area (Å²) in [6.45, 7) is 9.96. The van der Waals surface area contributed by atoms with Crippen LogP contribution >= 0.6 is 0 Å². The fourth-order valence-electron chi connectivity index (χ4n) is 5.31. The molecule has 4 rings (SSSR count). The number of carbonyl (C=O) groups is 3. The van der Waals surface area contributed by atoms with E-state index in [1.54, 1.807) is 0 Å². The van der Waals surface area contributed by atoms with Gasteiger partial charge in [-0.1, -0.05) is 39.0 Å². The Balaban J connectivity index is 1.92. The first kappa shape index (κ1) is 18.2. The van der Waals surface area contributed by atoms with Gasteiger partial charge in [0.15, 0.2) is 0 Å². The number of aryl methyl sites for hydroxylation is 1. The van der Waals surface area contributed by atoms with Gasteiger partial charge in [-0.15, -0.1) is 0 Å². The van der Waals surface area contributed by atoms with Crippen molar-refractivity contribution in [2.24, 2.45) is 17.8 Å². The number of hydrogen-bond donors (Lipinski definition) is 2. The first-order chi connectivity index (χ1) is 12.8. The summed E-state index contributed by atoms with van der Waals surface area (Å²) in [6, 6.07) is 5.56. The molecule has 0 radical (unpaired) electrons. The number of amides is 3. The van der Waals surface area contributed by atoms with Gasteiger partial charge >= 0.3 is 0 Å². The van der Waals surface area contributed by atoms with Crippen molar-refractivity contribution >= 4 is 23.4 Å². The summed E-state index contributed by atoms with van der Waals surface area (Å²) in [5, 5.41) is 5.02. The molecule has 5 atom stereocenters. The van der Waals surface area contributed by atoms with Gasteiger partial charge < -0.3 is 10.6 Å². The average Bonchev–Trinajstić information content (AvgIpc) is 3.21. The van der Waals surface area contributed by atoms with Gasteiger partial charge in [0.1, 0.15) is 17.9 Å². The Bertz CT molecular complexity index is 849. The largest absolute Gasteiger partial charge is 0.326 e. The Morgan fingerprint density at radius 2 is 1.89 bits per heavy atom. The van der Waals surface area contributed by atoms with Crippen molar-refractivity contribution in [3.63, 3.8) is 0 Å². The number of anilines is 1. The van der Waals surface area contributed by atoms with Gasteiger partial charge in [-0.25, -0.2) is 0 Å². The van der Waals surface area contributed by atoms with Gasteiger partial charge in [-0.05, 0) is 25.8 Å². The predicted octanol–water partition coefficient (Wildman–Crippen LogP) is 1.14. The highest BCUT2D eigenvalue weighted by Crippen LogP contribution is 2.50. The summed E-state index contributed by atoms with van der Waals surface area (Å²) >= 11 is 0. The fraction of sp³-hybridized carbons (Fsp3) is 0.571. The van der Waals surface area contributed by atoms with Crippen LogP contribution in [-0.4, -0.2) is 34.7 Å². The van der Waals surface area contributed by atoms with Crippen molar-refractivity contribution in [3.8, 4) is 0 Å². The monoisotopic (exact) mass is 370 g/mol. The topological polar surface area (TPSA) is 83.1 Å². The highest BCUT2D eigenvalue weighted by Gasteiger charge is 2.74. The van der Waals surface area contributed by atoms with Gasteiger partial charge in [0.05, 0.1) is 5.69 Å². The molecule has 6 nitrogen and oxygen atoms in total. The number of hydrogen-bond acceptors (Lipinski definition) is 3. The minimum Gasteiger partial charge on any atom is -0.326 e. The Kier molecular flexibility index (Phi) is 3.97. The third-order valence-corrected chi connectivity index (χ3v) is 6.88. The predicted molar refractivity (Wildman–Crippen MR) is 101 cm³/mol. The van der Waals surface area contributed by atoms with E-state index < -0.39 is 17.4 Å². The maximum Gasteiger partial charge on any atom is 0.291 e. The van der Waals surface area contributed by atoms with E-state index in [1.165, 1.54) is 4.90 Å². The van der Waals surface area contributed by atoms with Crippen molar-refractivity contribution in [1.82, 2.24) is 4.90 Å². The lowest BCUT2D eigenvalue weighted by atomic mass is 9.75. The zero-order valence-corrected chi connectivity index (χ0v) is 16.6. The molecular weight excluding hydrogens is 342 g/mol. The van der Waals surface area contributed by atoms with Crippen LogP contribution in [0.15, 0.2) is 18.2 Å². The lowest BCUT2D eigenvalue weighted by Crippen LogP contribution is -2.99. The summed E-state index contributed by atoms with van der Waals surface area (Å²) in [5.41, 5.74) is 1.57. The van der Waals surface area contributed by atoms with Crippen LogP contribution in [0, 0.1) is 24.7 Å². The standard InChI is InChI=1S/C21H27N3O3/c1-6-12(5)24-18(25)14-15(19(24)26)21(23-16(14)10(2)3)13-9-7-8-11(4)17(13)22-20(21)27/h7-10,12,14-16,23H,6H2,1-5H3,(H,22,27)/p+1/t12-,14-,15-,16+,21-/m0/s1. The van der Waals surface area contributed by atoms with E-state index in [4.69, 9.17) is 0 Å². The SMILES string of the molecule is CC[C@H](C)N1C(=O)[C@@H]2[C@@H](C(C)C)[NH2+][C@]3(C(=O)Nc4c(C)cccc43)[C@@H]2C1=O. The summed E-state index contributed by atoms with van der Waals surface area (Å²) in [4.78, 5) is 41.5. The maximum absolute atomic E-state index is 13.5. The van der Waals surface area contributed by atoms with Crippen molar-refractivity contribution in [1.29, 1.82) is 0 Å². The molecule has 3 aliphatic heterocycles. The molecule has 3 aliphatic rings. The second-order valence-electron chi connectivity index (χ2n) is 8.62. The second-order valence-corrected chi connectivity index (χ2v) is 8.62. The van der Waals surface area contributed by atoms with Gasteiger partial charge in [-0.2, -0.15) is 0 Å². The van der Waals surface area contributed by atoms with Crippen molar-refractivity contribution in [2.45, 2.75) is 58.7 Å². The van der Waals surface area contributed by atoms with Gasteiger partial charge in [0, 0.05) is 17.5 Å². The van der Waals surface area contributed by atoms with E-state index in [9.17, 15) is 14.4 Å². The van der Waals surface area contributed by atoms with E-state index in [2.05, 4.69) is 19.2 Å². The molecule has 0 aliphatic carbocycles. The molecule has 3 N–H and O–H groups in total. The molecule has 3 heterocycles. The molecule has 3 amide bonds. The number of benzene rings is 1. The molecule has 2 fully saturated rings. The van der Waals surface area contributed by atoms with E-state index in [0.717, 1.165) is 16.8 Å². The highest BCUT2D eigenvalue weighted by molar-refractivity contribution is 6.14. The zero-order chi connectivity index (χ0) is 19.7. The summed E-state index contributed by atoms with van der Waals surface area (Å²) in [6.07, 6.45) is 0.710. The van der Waals surface area contributed by atoms with Crippen LogP contribution in [0.25, 0.3) is 0 Å². The lowest BCUT2D eigenvalue weighted by molar-refractivity contribution is -0.738. The first-order valence-corrected chi connectivity index (χ1v) is 9.90. The average molecular weight is 370 g/mol. The van der Waals surface area contributed by atoms with E-state index >= 15 is 0 Å². The number of likely N-dealkylation sites (tertiary alicyclic amines) is 1. The number of nitrogens with zero attached hydrogens (tertiary/aromatic N) is 1. The lowest BCUT2D eigenvalue weighted by Gasteiger charge is -2.29. The molecule has 1 aromatic carbocycles. The Morgan fingerprint density at radius 1 is 1.19 bits per heavy atom. The molecule has 1 spiro atoms. The molecule has 1 aromatic rings. The Morgan fingerprint density at radius 3 is 2.52 bits per heavy atom. The number of para-hydroxylation sites is 1. The summed E-state index contributed by atoms with van der Waals surface area (Å²) in [5.74, 6) is -1.40. The summed E-state index contributed by atoms with van der Waals surface area (Å²) in [7, 11) is 0. The molecule has 6 heteroatoms. The van der Waals surface area contributed by atoms with E-state index in [-0.39, 0.29) is 35.7 Å². The second kappa shape index (κ2) is 5.89. The number of carbonyl (C=O) groups excluding carboxylic acids is 3. The highest BCUT2D eigenvalue weighted by atomic mass is 16.2. The number of quaternary nitrogens is 1. The molecule has 0 saturated carbocycles. The maximum atomic E-state index is 13.5. The van der Waals surface area contributed by atoms with Crippen LogP contribution in [0.1, 0.15) is 45.2 Å². The Hall–Kier alpha value is -2.21. The summed E-state index contributed by atoms with van der Waals surface area (Å²) < 4.78 is 0. The van der Waals surface area contributed by atoms with Crippen LogP contribution in [0.3, 0.4) is 0 Å². The van der Waals surface area contributed by atoms with E-state index in [0.29, 0.717) is 6.42 Å². The smallest absolute Gasteiger partial charge is 0.291 e. The van der Waals surface area contributed by atoms with Crippen LogP contribution < -0.4 is 10.6 Å². The molecule has 0 bridgehead atoms. The molecular formula is C21H28N3O3+. The molecule has 0 aromatic heterocycles. The van der Waals surface area contributed by atoms with Crippen molar-refractivity contribution in [3.05, 3.63) is 29.3 Å². The Labute approximate surface area is 159 Å². The van der Waals surface area contributed by atoms with Crippen LogP contribution in [0.4, 0.5) is 5.69 Å². The third-order valence-electron chi connectivity index (χ3n) is 6.88. The normalized spacial score (nSPS) is 33.0. The van der Waals surface area contributed by atoms with Crippen molar-refractivity contribution < 1.29 is 19.7 Å². The van der Waals surface area contributed by atoms with Crippen LogP contribution in [0.5, 0.6) is 0 Å². The number of nitrogens with one attached hydrogen (secondary N) is 1. The zero-order valence-electron chi connectivity index (χ0n) is 16.6. The number of imide groups is 1. The number of fused-ring (bicyclic) bond motifs is 4. The first-order valence-electron chi connectivity index (χ1n) is 9.90. The van der Waals surface area contributed by atoms with Crippen LogP contribution in [0.2, 0.25) is 0 Å². The number of rotatable bonds is 3. The van der Waals surface area contributed by atoms with Gasteiger partial charge in [-0.3, -0.25) is 19.3 Å². The molecule has 0 unspecified atom stereocenters. The quantitative estimate of drug-likeness (QED) is 0.783. The van der Waals surface area contributed by atoms with Crippen LogP contribution in [-0.2, 0) is 19.9 Å². The minimum atomic E-state index is -1.05. The minimum absolute atomic E-state index is 0.0993. The molecule has 2 saturated heterocycles. The third kappa shape index (κ3) is 2.13. The number of nitrogens with two attached hydrogens (primary N) is 1. The van der Waals surface area contributed by atoms with Gasteiger partial charge in [0.25, 0.3) is 5.91 Å². The van der Waals surface area contributed by atoms with Gasteiger partial charge in [0.2, 0.25) is 17.4 Å². The van der Waals surface area contributed by atoms with Crippen molar-refractivity contribution in [2.75, 3.05) is 5.32 Å². The molecule has 144 valence electrons.